The lowest BCUT2D eigenvalue weighted by atomic mass is 10.2. The third-order valence-corrected chi connectivity index (χ3v) is 3.79. The van der Waals surface area contributed by atoms with Crippen LogP contribution >= 0.6 is 11.3 Å². The number of anilines is 2. The van der Waals surface area contributed by atoms with Crippen LogP contribution in [-0.4, -0.2) is 9.97 Å². The molecule has 0 fully saturated rings. The monoisotopic (exact) mass is 309 g/mol. The first-order chi connectivity index (χ1) is 9.91. The zero-order valence-corrected chi connectivity index (χ0v) is 11.7. The standard InChI is InChI=1S/C14H10F3N3S/c1-8-4-10(7-18-6-8)19-13-20-11-5-9(14(15,16)17)2-3-12(11)21-13/h2-7H,1H3,(H,19,20). The molecule has 0 bridgehead atoms. The van der Waals surface area contributed by atoms with Gasteiger partial charge in [-0.05, 0) is 36.8 Å². The van der Waals surface area contributed by atoms with Gasteiger partial charge in [-0.3, -0.25) is 4.98 Å². The Kier molecular flexibility index (Phi) is 3.29. The van der Waals surface area contributed by atoms with Gasteiger partial charge >= 0.3 is 6.18 Å². The number of halogens is 3. The van der Waals surface area contributed by atoms with E-state index in [9.17, 15) is 13.2 Å². The van der Waals surface area contributed by atoms with Crippen LogP contribution < -0.4 is 5.32 Å². The third-order valence-electron chi connectivity index (χ3n) is 2.84. The Morgan fingerprint density at radius 2 is 1.95 bits per heavy atom. The number of alkyl halides is 3. The van der Waals surface area contributed by atoms with Crippen molar-refractivity contribution in [1.29, 1.82) is 0 Å². The van der Waals surface area contributed by atoms with Crippen molar-refractivity contribution in [2.75, 3.05) is 5.32 Å². The fourth-order valence-electron chi connectivity index (χ4n) is 1.90. The van der Waals surface area contributed by atoms with E-state index in [0.29, 0.717) is 15.3 Å². The summed E-state index contributed by atoms with van der Waals surface area (Å²) in [5, 5.41) is 3.59. The summed E-state index contributed by atoms with van der Waals surface area (Å²) in [7, 11) is 0. The number of benzene rings is 1. The highest BCUT2D eigenvalue weighted by Gasteiger charge is 2.30. The molecule has 2 aromatic heterocycles. The summed E-state index contributed by atoms with van der Waals surface area (Å²) in [5.41, 5.74) is 1.38. The first-order valence-electron chi connectivity index (χ1n) is 6.08. The van der Waals surface area contributed by atoms with Crippen molar-refractivity contribution >= 4 is 32.4 Å². The molecular weight excluding hydrogens is 299 g/mol. The van der Waals surface area contributed by atoms with Crippen molar-refractivity contribution in [3.05, 3.63) is 47.8 Å². The van der Waals surface area contributed by atoms with Crippen molar-refractivity contribution in [2.24, 2.45) is 0 Å². The predicted molar refractivity (Wildman–Crippen MR) is 76.9 cm³/mol. The van der Waals surface area contributed by atoms with E-state index in [4.69, 9.17) is 0 Å². The lowest BCUT2D eigenvalue weighted by molar-refractivity contribution is -0.137. The van der Waals surface area contributed by atoms with E-state index in [-0.39, 0.29) is 0 Å². The van der Waals surface area contributed by atoms with Gasteiger partial charge in [0, 0.05) is 6.20 Å². The number of hydrogen-bond donors (Lipinski definition) is 1. The molecule has 0 unspecified atom stereocenters. The maximum absolute atomic E-state index is 12.7. The lowest BCUT2D eigenvalue weighted by Gasteiger charge is -2.04. The summed E-state index contributed by atoms with van der Waals surface area (Å²) in [6, 6.07) is 5.46. The molecule has 0 aliphatic heterocycles. The fraction of sp³-hybridized carbons (Fsp3) is 0.143. The second-order valence-corrected chi connectivity index (χ2v) is 5.61. The van der Waals surface area contributed by atoms with Crippen LogP contribution in [0.2, 0.25) is 0 Å². The molecule has 0 spiro atoms. The number of aromatic nitrogens is 2. The molecule has 0 aliphatic rings. The molecule has 0 amide bonds. The molecule has 1 N–H and O–H groups in total. The van der Waals surface area contributed by atoms with Crippen LogP contribution in [-0.2, 0) is 6.18 Å². The first kappa shape index (κ1) is 13.8. The summed E-state index contributed by atoms with van der Waals surface area (Å²) in [6.45, 7) is 1.91. The van der Waals surface area contributed by atoms with Crippen LogP contribution in [0, 0.1) is 6.92 Å². The van der Waals surface area contributed by atoms with Crippen LogP contribution in [0.15, 0.2) is 36.7 Å². The molecule has 3 rings (SSSR count). The average Bonchev–Trinajstić information content (AvgIpc) is 2.78. The van der Waals surface area contributed by atoms with Gasteiger partial charge in [0.05, 0.1) is 27.7 Å². The van der Waals surface area contributed by atoms with Gasteiger partial charge in [0.1, 0.15) is 0 Å². The van der Waals surface area contributed by atoms with Crippen LogP contribution in [0.4, 0.5) is 24.0 Å². The van der Waals surface area contributed by atoms with E-state index in [1.54, 1.807) is 12.4 Å². The quantitative estimate of drug-likeness (QED) is 0.741. The Balaban J connectivity index is 1.94. The van der Waals surface area contributed by atoms with Crippen LogP contribution in [0.1, 0.15) is 11.1 Å². The van der Waals surface area contributed by atoms with E-state index in [1.165, 1.54) is 17.4 Å². The Hall–Kier alpha value is -2.15. The number of pyridine rings is 1. The van der Waals surface area contributed by atoms with Crippen LogP contribution in [0.5, 0.6) is 0 Å². The smallest absolute Gasteiger partial charge is 0.330 e. The average molecular weight is 309 g/mol. The van der Waals surface area contributed by atoms with Crippen molar-refractivity contribution in [1.82, 2.24) is 9.97 Å². The highest BCUT2D eigenvalue weighted by Crippen LogP contribution is 2.34. The lowest BCUT2D eigenvalue weighted by Crippen LogP contribution is -2.03. The van der Waals surface area contributed by atoms with Crippen molar-refractivity contribution in [3.8, 4) is 0 Å². The minimum absolute atomic E-state index is 0.331. The van der Waals surface area contributed by atoms with E-state index in [2.05, 4.69) is 15.3 Å². The Morgan fingerprint density at radius 3 is 2.67 bits per heavy atom. The van der Waals surface area contributed by atoms with Gasteiger partial charge in [0.25, 0.3) is 0 Å². The number of nitrogens with one attached hydrogen (secondary N) is 1. The molecule has 3 aromatic rings. The van der Waals surface area contributed by atoms with E-state index in [0.717, 1.165) is 23.4 Å². The molecule has 21 heavy (non-hydrogen) atoms. The zero-order valence-electron chi connectivity index (χ0n) is 10.9. The first-order valence-corrected chi connectivity index (χ1v) is 6.90. The van der Waals surface area contributed by atoms with Gasteiger partial charge in [-0.2, -0.15) is 13.2 Å². The maximum atomic E-state index is 12.7. The molecule has 3 nitrogen and oxygen atoms in total. The molecule has 0 radical (unpaired) electrons. The predicted octanol–water partition coefficient (Wildman–Crippen LogP) is 4.76. The zero-order chi connectivity index (χ0) is 15.0. The summed E-state index contributed by atoms with van der Waals surface area (Å²) in [4.78, 5) is 8.24. The van der Waals surface area contributed by atoms with Gasteiger partial charge in [-0.1, -0.05) is 11.3 Å². The van der Waals surface area contributed by atoms with Crippen molar-refractivity contribution < 1.29 is 13.2 Å². The normalized spacial score (nSPS) is 11.8. The van der Waals surface area contributed by atoms with Crippen LogP contribution in [0.25, 0.3) is 10.2 Å². The van der Waals surface area contributed by atoms with Crippen LogP contribution in [0.3, 0.4) is 0 Å². The number of rotatable bonds is 2. The Bertz CT molecular complexity index is 796. The second kappa shape index (κ2) is 5.00. The topological polar surface area (TPSA) is 37.8 Å². The largest absolute Gasteiger partial charge is 0.416 e. The molecule has 108 valence electrons. The molecular formula is C14H10F3N3S. The maximum Gasteiger partial charge on any atom is 0.416 e. The number of nitrogens with zero attached hydrogens (tertiary/aromatic N) is 2. The van der Waals surface area contributed by atoms with E-state index >= 15 is 0 Å². The molecule has 2 heterocycles. The summed E-state index contributed by atoms with van der Waals surface area (Å²) in [5.74, 6) is 0. The van der Waals surface area contributed by atoms with Crippen molar-refractivity contribution in [2.45, 2.75) is 13.1 Å². The van der Waals surface area contributed by atoms with E-state index < -0.39 is 11.7 Å². The molecule has 0 aliphatic carbocycles. The fourth-order valence-corrected chi connectivity index (χ4v) is 2.77. The third kappa shape index (κ3) is 2.97. The SMILES string of the molecule is Cc1cncc(Nc2nc3cc(C(F)(F)F)ccc3s2)c1. The Labute approximate surface area is 122 Å². The highest BCUT2D eigenvalue weighted by atomic mass is 32.1. The minimum atomic E-state index is -4.36. The number of aryl methyl sites for hydroxylation is 1. The van der Waals surface area contributed by atoms with Gasteiger partial charge in [-0.15, -0.1) is 0 Å². The summed E-state index contributed by atoms with van der Waals surface area (Å²) >= 11 is 1.30. The highest BCUT2D eigenvalue weighted by molar-refractivity contribution is 7.22. The molecule has 1 aromatic carbocycles. The number of hydrogen-bond acceptors (Lipinski definition) is 4. The molecule has 0 saturated heterocycles. The van der Waals surface area contributed by atoms with Gasteiger partial charge in [-0.25, -0.2) is 4.98 Å². The van der Waals surface area contributed by atoms with Crippen molar-refractivity contribution in [3.63, 3.8) is 0 Å². The molecule has 0 saturated carbocycles. The second-order valence-electron chi connectivity index (χ2n) is 4.58. The summed E-state index contributed by atoms with van der Waals surface area (Å²) in [6.07, 6.45) is -0.995. The van der Waals surface area contributed by atoms with Gasteiger partial charge in [0.2, 0.25) is 0 Å². The summed E-state index contributed by atoms with van der Waals surface area (Å²) < 4.78 is 38.7. The van der Waals surface area contributed by atoms with Gasteiger partial charge < -0.3 is 5.32 Å². The number of fused-ring (bicyclic) bond motifs is 1. The molecule has 7 heteroatoms. The van der Waals surface area contributed by atoms with E-state index in [1.807, 2.05) is 13.0 Å². The Morgan fingerprint density at radius 1 is 1.14 bits per heavy atom. The van der Waals surface area contributed by atoms with Gasteiger partial charge in [0.15, 0.2) is 5.13 Å². The minimum Gasteiger partial charge on any atom is -0.330 e. The number of thiazole rings is 1. The molecule has 0 atom stereocenters.